The van der Waals surface area contributed by atoms with Gasteiger partial charge in [0.2, 0.25) is 0 Å². The third-order valence-electron chi connectivity index (χ3n) is 3.86. The Kier molecular flexibility index (Phi) is 4.93. The summed E-state index contributed by atoms with van der Waals surface area (Å²) in [6.45, 7) is 1.79. The Balaban J connectivity index is 1.86. The molecule has 1 amide bonds. The van der Waals surface area contributed by atoms with E-state index in [1.807, 2.05) is 0 Å². The maximum absolute atomic E-state index is 14.3. The fourth-order valence-electron chi connectivity index (χ4n) is 2.52. The summed E-state index contributed by atoms with van der Waals surface area (Å²) >= 11 is 0. The molecule has 1 aromatic carbocycles. The number of carbonyl (C=O) groups excluding carboxylic acids is 1. The van der Waals surface area contributed by atoms with Crippen LogP contribution in [0.2, 0.25) is 0 Å². The van der Waals surface area contributed by atoms with Gasteiger partial charge in [-0.25, -0.2) is 14.1 Å². The van der Waals surface area contributed by atoms with Crippen molar-refractivity contribution in [1.29, 1.82) is 0 Å². The van der Waals surface area contributed by atoms with E-state index in [4.69, 9.17) is 0 Å². The Bertz CT molecular complexity index is 981. The highest BCUT2D eigenvalue weighted by Crippen LogP contribution is 2.32. The van der Waals surface area contributed by atoms with Crippen LogP contribution < -0.4 is 5.32 Å². The molecule has 5 nitrogen and oxygen atoms in total. The van der Waals surface area contributed by atoms with Gasteiger partial charge in [0.05, 0.1) is 11.1 Å². The molecule has 0 aliphatic heterocycles. The van der Waals surface area contributed by atoms with Gasteiger partial charge in [-0.3, -0.25) is 4.79 Å². The minimum Gasteiger partial charge on any atom is -0.305 e. The smallest absolute Gasteiger partial charge is 0.305 e. The van der Waals surface area contributed by atoms with E-state index in [0.29, 0.717) is 12.0 Å². The first-order chi connectivity index (χ1) is 12.8. The second kappa shape index (κ2) is 7.18. The number of aryl methyl sites for hydroxylation is 1. The van der Waals surface area contributed by atoms with Crippen molar-refractivity contribution >= 4 is 11.7 Å². The molecule has 3 rings (SSSR count). The van der Waals surface area contributed by atoms with E-state index >= 15 is 0 Å². The van der Waals surface area contributed by atoms with E-state index in [9.17, 15) is 22.4 Å². The molecule has 0 saturated heterocycles. The Morgan fingerprint density at radius 1 is 1.19 bits per heavy atom. The van der Waals surface area contributed by atoms with Crippen LogP contribution in [0.5, 0.6) is 0 Å². The highest BCUT2D eigenvalue weighted by atomic mass is 19.4. The van der Waals surface area contributed by atoms with E-state index in [-0.39, 0.29) is 11.6 Å². The van der Waals surface area contributed by atoms with Crippen LogP contribution in [0, 0.1) is 5.82 Å². The molecule has 27 heavy (non-hydrogen) atoms. The predicted molar refractivity (Wildman–Crippen MR) is 90.1 cm³/mol. The molecule has 0 fully saturated rings. The van der Waals surface area contributed by atoms with Gasteiger partial charge in [0.25, 0.3) is 5.91 Å². The summed E-state index contributed by atoms with van der Waals surface area (Å²) in [7, 11) is 0. The molecule has 0 spiro atoms. The molecule has 0 aliphatic carbocycles. The first-order valence-corrected chi connectivity index (χ1v) is 7.98. The van der Waals surface area contributed by atoms with Crippen molar-refractivity contribution in [2.45, 2.75) is 19.5 Å². The lowest BCUT2D eigenvalue weighted by Crippen LogP contribution is -2.19. The lowest BCUT2D eigenvalue weighted by Gasteiger charge is -2.11. The molecule has 0 radical (unpaired) electrons. The van der Waals surface area contributed by atoms with Crippen molar-refractivity contribution in [1.82, 2.24) is 14.8 Å². The molecule has 0 bridgehead atoms. The number of amides is 1. The fraction of sp³-hybridized carbons (Fsp3) is 0.167. The summed E-state index contributed by atoms with van der Waals surface area (Å²) in [6, 6.07) is 7.30. The molecule has 9 heteroatoms. The molecule has 0 aliphatic rings. The van der Waals surface area contributed by atoms with Crippen LogP contribution in [-0.4, -0.2) is 20.7 Å². The fourth-order valence-corrected chi connectivity index (χ4v) is 2.52. The molecule has 1 N–H and O–H groups in total. The summed E-state index contributed by atoms with van der Waals surface area (Å²) in [5.41, 5.74) is -1.14. The van der Waals surface area contributed by atoms with Gasteiger partial charge in [0.1, 0.15) is 0 Å². The Labute approximate surface area is 151 Å². The highest BCUT2D eigenvalue weighted by Gasteiger charge is 2.34. The minimum absolute atomic E-state index is 0.0277. The maximum atomic E-state index is 14.3. The molecule has 0 saturated carbocycles. The van der Waals surface area contributed by atoms with Gasteiger partial charge in [0, 0.05) is 18.5 Å². The molecule has 0 unspecified atom stereocenters. The van der Waals surface area contributed by atoms with Crippen molar-refractivity contribution in [3.8, 4) is 5.82 Å². The number of alkyl halides is 3. The van der Waals surface area contributed by atoms with Gasteiger partial charge < -0.3 is 5.32 Å². The van der Waals surface area contributed by atoms with E-state index < -0.39 is 29.0 Å². The molecule has 2 aromatic heterocycles. The quantitative estimate of drug-likeness (QED) is 0.691. The summed E-state index contributed by atoms with van der Waals surface area (Å²) in [4.78, 5) is 16.2. The lowest BCUT2D eigenvalue weighted by molar-refractivity contribution is -0.137. The monoisotopic (exact) mass is 378 g/mol. The average molecular weight is 378 g/mol. The van der Waals surface area contributed by atoms with Gasteiger partial charge >= 0.3 is 6.18 Å². The van der Waals surface area contributed by atoms with Gasteiger partial charge in [0.15, 0.2) is 17.5 Å². The number of benzene rings is 1. The predicted octanol–water partition coefficient (Wildman–Crippen LogP) is 4.24. The van der Waals surface area contributed by atoms with Crippen molar-refractivity contribution in [3.05, 3.63) is 71.3 Å². The van der Waals surface area contributed by atoms with Crippen LogP contribution >= 0.6 is 0 Å². The first kappa shape index (κ1) is 18.6. The molecular weight excluding hydrogens is 364 g/mol. The average Bonchev–Trinajstić information content (AvgIpc) is 3.09. The number of hydrogen-bond donors (Lipinski definition) is 1. The normalized spacial score (nSPS) is 11.4. The molecule has 140 valence electrons. The molecular formula is C18H14F4N4O. The minimum atomic E-state index is -4.67. The van der Waals surface area contributed by atoms with Crippen molar-refractivity contribution < 1.29 is 22.4 Å². The summed E-state index contributed by atoms with van der Waals surface area (Å²) in [5.74, 6) is -1.61. The number of rotatable bonds is 4. The van der Waals surface area contributed by atoms with Crippen LogP contribution in [0.25, 0.3) is 5.82 Å². The number of hydrogen-bond acceptors (Lipinski definition) is 3. The second-order valence-electron chi connectivity index (χ2n) is 5.60. The first-order valence-electron chi connectivity index (χ1n) is 7.98. The highest BCUT2D eigenvalue weighted by molar-refractivity contribution is 6.04. The van der Waals surface area contributed by atoms with Crippen LogP contribution in [0.3, 0.4) is 0 Å². The van der Waals surface area contributed by atoms with Crippen LogP contribution in [-0.2, 0) is 12.6 Å². The Morgan fingerprint density at radius 2 is 1.93 bits per heavy atom. The SMILES string of the molecule is CCc1ccnc(-n2ccc(NC(=O)c3ccccc3C(F)(F)F)n2)c1F. The van der Waals surface area contributed by atoms with Crippen LogP contribution in [0.15, 0.2) is 48.8 Å². The lowest BCUT2D eigenvalue weighted by atomic mass is 10.1. The number of nitrogens with zero attached hydrogens (tertiary/aromatic N) is 3. The standard InChI is InChI=1S/C18H14F4N4O/c1-2-11-7-9-23-16(15(11)19)26-10-8-14(25-26)24-17(27)12-5-3-4-6-13(12)18(20,21)22/h3-10H,2H2,1H3,(H,24,25,27). The number of carbonyl (C=O) groups is 1. The third-order valence-corrected chi connectivity index (χ3v) is 3.86. The van der Waals surface area contributed by atoms with Gasteiger partial charge in [-0.05, 0) is 30.2 Å². The van der Waals surface area contributed by atoms with Crippen molar-refractivity contribution in [2.75, 3.05) is 5.32 Å². The Morgan fingerprint density at radius 3 is 2.63 bits per heavy atom. The molecule has 0 atom stereocenters. The topological polar surface area (TPSA) is 59.8 Å². The summed E-state index contributed by atoms with van der Waals surface area (Å²) in [5, 5.41) is 6.26. The zero-order valence-electron chi connectivity index (χ0n) is 14.1. The largest absolute Gasteiger partial charge is 0.417 e. The summed E-state index contributed by atoms with van der Waals surface area (Å²) in [6.07, 6.45) is -1.42. The van der Waals surface area contributed by atoms with E-state index in [0.717, 1.165) is 16.8 Å². The Hall–Kier alpha value is -3.23. The number of aromatic nitrogens is 3. The molecule has 2 heterocycles. The van der Waals surface area contributed by atoms with Crippen molar-refractivity contribution in [2.24, 2.45) is 0 Å². The van der Waals surface area contributed by atoms with Gasteiger partial charge in [-0.1, -0.05) is 19.1 Å². The third kappa shape index (κ3) is 3.81. The number of pyridine rings is 1. The zero-order chi connectivity index (χ0) is 19.6. The van der Waals surface area contributed by atoms with Gasteiger partial charge in [-0.15, -0.1) is 5.10 Å². The van der Waals surface area contributed by atoms with Crippen LogP contribution in [0.4, 0.5) is 23.4 Å². The number of halogens is 4. The second-order valence-corrected chi connectivity index (χ2v) is 5.60. The molecule has 3 aromatic rings. The van der Waals surface area contributed by atoms with E-state index in [2.05, 4.69) is 15.4 Å². The zero-order valence-corrected chi connectivity index (χ0v) is 14.1. The summed E-state index contributed by atoms with van der Waals surface area (Å²) < 4.78 is 54.6. The number of nitrogens with one attached hydrogen (secondary N) is 1. The van der Waals surface area contributed by atoms with E-state index in [1.165, 1.54) is 30.6 Å². The van der Waals surface area contributed by atoms with E-state index in [1.54, 1.807) is 13.0 Å². The maximum Gasteiger partial charge on any atom is 0.417 e. The number of anilines is 1. The van der Waals surface area contributed by atoms with Crippen LogP contribution in [0.1, 0.15) is 28.4 Å². The van der Waals surface area contributed by atoms with Crippen molar-refractivity contribution in [3.63, 3.8) is 0 Å². The van der Waals surface area contributed by atoms with Gasteiger partial charge in [-0.2, -0.15) is 13.2 Å².